The van der Waals surface area contributed by atoms with Gasteiger partial charge in [-0.1, -0.05) is 12.1 Å². The molecule has 0 saturated carbocycles. The highest BCUT2D eigenvalue weighted by molar-refractivity contribution is 5.77. The largest absolute Gasteiger partial charge is 0.493 e. The van der Waals surface area contributed by atoms with E-state index in [1.807, 2.05) is 0 Å². The normalized spacial score (nSPS) is 12.1. The highest BCUT2D eigenvalue weighted by Gasteiger charge is 2.25. The third-order valence-electron chi connectivity index (χ3n) is 2.52. The third kappa shape index (κ3) is 3.42. The van der Waals surface area contributed by atoms with Crippen molar-refractivity contribution in [3.8, 4) is 5.75 Å². The van der Waals surface area contributed by atoms with Crippen molar-refractivity contribution in [2.24, 2.45) is 0 Å². The van der Waals surface area contributed by atoms with Gasteiger partial charge in [0.2, 0.25) is 0 Å². The van der Waals surface area contributed by atoms with E-state index in [2.05, 4.69) is 4.74 Å². The second kappa shape index (κ2) is 7.06. The van der Waals surface area contributed by atoms with Crippen LogP contribution >= 0.6 is 0 Å². The summed E-state index contributed by atoms with van der Waals surface area (Å²) in [6.45, 7) is 1.81. The molecule has 0 amide bonds. The van der Waals surface area contributed by atoms with Crippen LogP contribution in [0.25, 0.3) is 0 Å². The van der Waals surface area contributed by atoms with Crippen LogP contribution in [0, 0.1) is 5.82 Å². The highest BCUT2D eigenvalue weighted by Crippen LogP contribution is 2.31. The minimum atomic E-state index is -1.58. The zero-order chi connectivity index (χ0) is 14.4. The van der Waals surface area contributed by atoms with Gasteiger partial charge in [0, 0.05) is 18.2 Å². The average Bonchev–Trinajstić information content (AvgIpc) is 2.40. The predicted octanol–water partition coefficient (Wildman–Crippen LogP) is 1.58. The number of benzene rings is 1. The number of carbonyl (C=O) groups excluding carboxylic acids is 1. The van der Waals surface area contributed by atoms with Gasteiger partial charge in [-0.25, -0.2) is 9.18 Å². The topological polar surface area (TPSA) is 65.0 Å². The summed E-state index contributed by atoms with van der Waals surface area (Å²) >= 11 is 0. The molecule has 0 heterocycles. The summed E-state index contributed by atoms with van der Waals surface area (Å²) in [4.78, 5) is 11.5. The van der Waals surface area contributed by atoms with Gasteiger partial charge in [0.1, 0.15) is 0 Å². The summed E-state index contributed by atoms with van der Waals surface area (Å²) < 4.78 is 28.5. The first-order chi connectivity index (χ1) is 9.06. The summed E-state index contributed by atoms with van der Waals surface area (Å²) in [5, 5.41) is 9.82. The first kappa shape index (κ1) is 15.4. The molecule has 5 nitrogen and oxygen atoms in total. The first-order valence-corrected chi connectivity index (χ1v) is 5.75. The monoisotopic (exact) mass is 272 g/mol. The molecule has 0 bridgehead atoms. The zero-order valence-electron chi connectivity index (χ0n) is 11.1. The van der Waals surface area contributed by atoms with Crippen molar-refractivity contribution >= 4 is 5.97 Å². The van der Waals surface area contributed by atoms with E-state index in [0.29, 0.717) is 0 Å². The van der Waals surface area contributed by atoms with Crippen LogP contribution in [0.4, 0.5) is 4.39 Å². The van der Waals surface area contributed by atoms with Crippen molar-refractivity contribution in [3.05, 3.63) is 29.1 Å². The molecule has 0 saturated heterocycles. The summed E-state index contributed by atoms with van der Waals surface area (Å²) in [6, 6.07) is 2.84. The molecule has 0 fully saturated rings. The smallest absolute Gasteiger partial charge is 0.339 e. The number of hydrogen-bond donors (Lipinski definition) is 1. The lowest BCUT2D eigenvalue weighted by molar-refractivity contribution is -0.153. The number of carbonyl (C=O) groups is 1. The number of halogens is 1. The fraction of sp³-hybridized carbons (Fsp3) is 0.462. The fourth-order valence-corrected chi connectivity index (χ4v) is 1.65. The van der Waals surface area contributed by atoms with Gasteiger partial charge in [-0.3, -0.25) is 0 Å². The van der Waals surface area contributed by atoms with Crippen molar-refractivity contribution in [2.75, 3.05) is 20.8 Å². The molecule has 0 aromatic heterocycles. The molecule has 1 N–H and O–H groups in total. The summed E-state index contributed by atoms with van der Waals surface area (Å²) in [6.07, 6.45) is -1.58. The molecule has 106 valence electrons. The van der Waals surface area contributed by atoms with Crippen molar-refractivity contribution < 1.29 is 28.5 Å². The molecule has 19 heavy (non-hydrogen) atoms. The standard InChI is InChI=1S/C13H17FO5/c1-4-19-13(16)11(15)9-6-5-8(7-17-2)10(14)12(9)18-3/h5-6,11,15H,4,7H2,1-3H3. The van der Waals surface area contributed by atoms with Crippen molar-refractivity contribution in [2.45, 2.75) is 19.6 Å². The van der Waals surface area contributed by atoms with Gasteiger partial charge in [0.25, 0.3) is 0 Å². The maximum atomic E-state index is 14.1. The van der Waals surface area contributed by atoms with E-state index in [-0.39, 0.29) is 30.1 Å². The molecule has 1 unspecified atom stereocenters. The van der Waals surface area contributed by atoms with E-state index in [9.17, 15) is 14.3 Å². The van der Waals surface area contributed by atoms with Gasteiger partial charge in [-0.05, 0) is 6.92 Å². The molecule has 1 aromatic rings. The Labute approximate surface area is 110 Å². The van der Waals surface area contributed by atoms with Crippen LogP contribution in [0.3, 0.4) is 0 Å². The van der Waals surface area contributed by atoms with Crippen LogP contribution in [-0.4, -0.2) is 31.9 Å². The number of aliphatic hydroxyl groups excluding tert-OH is 1. The van der Waals surface area contributed by atoms with Gasteiger partial charge < -0.3 is 19.3 Å². The van der Waals surface area contributed by atoms with Crippen molar-refractivity contribution in [1.82, 2.24) is 0 Å². The molecule has 0 spiro atoms. The number of esters is 1. The molecular formula is C13H17FO5. The van der Waals surface area contributed by atoms with E-state index >= 15 is 0 Å². The minimum Gasteiger partial charge on any atom is -0.493 e. The third-order valence-corrected chi connectivity index (χ3v) is 2.52. The quantitative estimate of drug-likeness (QED) is 0.796. The van der Waals surface area contributed by atoms with Gasteiger partial charge in [-0.2, -0.15) is 0 Å². The van der Waals surface area contributed by atoms with Crippen LogP contribution in [0.5, 0.6) is 5.75 Å². The van der Waals surface area contributed by atoms with Crippen LogP contribution in [0.2, 0.25) is 0 Å². The number of methoxy groups -OCH3 is 2. The molecule has 0 aliphatic carbocycles. The second-order valence-electron chi connectivity index (χ2n) is 3.75. The van der Waals surface area contributed by atoms with Crippen LogP contribution in [0.1, 0.15) is 24.2 Å². The van der Waals surface area contributed by atoms with E-state index in [0.717, 1.165) is 0 Å². The Balaban J connectivity index is 3.14. The maximum absolute atomic E-state index is 14.1. The lowest BCUT2D eigenvalue weighted by atomic mass is 10.0. The highest BCUT2D eigenvalue weighted by atomic mass is 19.1. The fourth-order valence-electron chi connectivity index (χ4n) is 1.65. The molecule has 0 aliphatic heterocycles. The molecule has 0 aliphatic rings. The zero-order valence-corrected chi connectivity index (χ0v) is 11.1. The maximum Gasteiger partial charge on any atom is 0.339 e. The van der Waals surface area contributed by atoms with Crippen LogP contribution < -0.4 is 4.74 Å². The van der Waals surface area contributed by atoms with Crippen molar-refractivity contribution in [3.63, 3.8) is 0 Å². The van der Waals surface area contributed by atoms with E-state index in [4.69, 9.17) is 9.47 Å². The summed E-state index contributed by atoms with van der Waals surface area (Å²) in [5.41, 5.74) is 0.303. The number of aliphatic hydroxyl groups is 1. The lowest BCUT2D eigenvalue weighted by Gasteiger charge is -2.16. The predicted molar refractivity (Wildman–Crippen MR) is 65.3 cm³/mol. The molecule has 1 atom stereocenters. The van der Waals surface area contributed by atoms with Gasteiger partial charge in [-0.15, -0.1) is 0 Å². The Kier molecular flexibility index (Phi) is 5.72. The SMILES string of the molecule is CCOC(=O)C(O)c1ccc(COC)c(F)c1OC. The Morgan fingerprint density at radius 3 is 2.63 bits per heavy atom. The molecular weight excluding hydrogens is 255 g/mol. The molecule has 1 rings (SSSR count). The average molecular weight is 272 g/mol. The van der Waals surface area contributed by atoms with Crippen molar-refractivity contribution in [1.29, 1.82) is 0 Å². The number of rotatable bonds is 6. The second-order valence-corrected chi connectivity index (χ2v) is 3.75. The van der Waals surface area contributed by atoms with Crippen LogP contribution in [-0.2, 0) is 20.9 Å². The Morgan fingerprint density at radius 2 is 2.11 bits per heavy atom. The van der Waals surface area contributed by atoms with Gasteiger partial charge in [0.05, 0.1) is 20.3 Å². The Hall–Kier alpha value is -1.66. The van der Waals surface area contributed by atoms with Gasteiger partial charge >= 0.3 is 5.97 Å². The minimum absolute atomic E-state index is 0.0262. The molecule has 1 aromatic carbocycles. The lowest BCUT2D eigenvalue weighted by Crippen LogP contribution is -2.17. The number of ether oxygens (including phenoxy) is 3. The van der Waals surface area contributed by atoms with E-state index < -0.39 is 17.9 Å². The van der Waals surface area contributed by atoms with Crippen LogP contribution in [0.15, 0.2) is 12.1 Å². The van der Waals surface area contributed by atoms with E-state index in [1.54, 1.807) is 6.92 Å². The Bertz CT molecular complexity index is 447. The van der Waals surface area contributed by atoms with Gasteiger partial charge in [0.15, 0.2) is 17.7 Å². The molecule has 6 heteroatoms. The molecule has 0 radical (unpaired) electrons. The van der Waals surface area contributed by atoms with E-state index in [1.165, 1.54) is 26.4 Å². The number of hydrogen-bond acceptors (Lipinski definition) is 5. The first-order valence-electron chi connectivity index (χ1n) is 5.75. The summed E-state index contributed by atoms with van der Waals surface area (Å²) in [5.74, 6) is -1.69. The Morgan fingerprint density at radius 1 is 1.42 bits per heavy atom. The summed E-state index contributed by atoms with van der Waals surface area (Å²) in [7, 11) is 2.70.